The number of hydrogen-bond acceptors (Lipinski definition) is 3. The summed E-state index contributed by atoms with van der Waals surface area (Å²) in [7, 11) is 1.73. The lowest BCUT2D eigenvalue weighted by Gasteiger charge is -2.13. The van der Waals surface area contributed by atoms with E-state index >= 15 is 0 Å². The molecular weight excluding hydrogens is 226 g/mol. The fourth-order valence-corrected chi connectivity index (χ4v) is 1.62. The molecule has 1 unspecified atom stereocenters. The monoisotopic (exact) mass is 251 g/mol. The molecule has 0 aliphatic carbocycles. The van der Waals surface area contributed by atoms with Crippen LogP contribution >= 0.6 is 0 Å². The van der Waals surface area contributed by atoms with Crippen LogP contribution in [0.2, 0.25) is 0 Å². The Hall–Kier alpha value is -1.06. The summed E-state index contributed by atoms with van der Waals surface area (Å²) in [4.78, 5) is 0. The first-order valence-corrected chi connectivity index (χ1v) is 6.71. The van der Waals surface area contributed by atoms with Crippen molar-refractivity contribution < 1.29 is 9.47 Å². The predicted octanol–water partition coefficient (Wildman–Crippen LogP) is 2.99. The largest absolute Gasteiger partial charge is 0.491 e. The van der Waals surface area contributed by atoms with Crippen molar-refractivity contribution in [2.75, 3.05) is 20.3 Å². The molecule has 1 rings (SSSR count). The zero-order valence-corrected chi connectivity index (χ0v) is 11.7. The zero-order chi connectivity index (χ0) is 13.2. The van der Waals surface area contributed by atoms with E-state index in [0.29, 0.717) is 0 Å². The standard InChI is InChI=1S/C15H25NO2/c1-4-13(2)18-15-8-5-7-14(11-15)12-16-9-6-10-17-3/h5,7-8,11,13,16H,4,6,9-10,12H2,1-3H3. The number of nitrogens with one attached hydrogen (secondary N) is 1. The van der Waals surface area contributed by atoms with Crippen molar-refractivity contribution in [2.45, 2.75) is 39.3 Å². The number of rotatable bonds is 9. The number of methoxy groups -OCH3 is 1. The van der Waals surface area contributed by atoms with E-state index in [1.165, 1.54) is 5.56 Å². The van der Waals surface area contributed by atoms with Gasteiger partial charge in [0.2, 0.25) is 0 Å². The van der Waals surface area contributed by atoms with Crippen LogP contribution in [0.4, 0.5) is 0 Å². The highest BCUT2D eigenvalue weighted by Gasteiger charge is 2.01. The minimum Gasteiger partial charge on any atom is -0.491 e. The van der Waals surface area contributed by atoms with Crippen LogP contribution in [0.25, 0.3) is 0 Å². The highest BCUT2D eigenvalue weighted by molar-refractivity contribution is 5.28. The third-order valence-electron chi connectivity index (χ3n) is 2.84. The summed E-state index contributed by atoms with van der Waals surface area (Å²) >= 11 is 0. The smallest absolute Gasteiger partial charge is 0.120 e. The van der Waals surface area contributed by atoms with Gasteiger partial charge in [0, 0.05) is 20.3 Å². The highest BCUT2D eigenvalue weighted by atomic mass is 16.5. The molecule has 18 heavy (non-hydrogen) atoms. The Balaban J connectivity index is 2.35. The van der Waals surface area contributed by atoms with Crippen LogP contribution in [0.1, 0.15) is 32.3 Å². The molecule has 0 saturated heterocycles. The van der Waals surface area contributed by atoms with Gasteiger partial charge in [-0.25, -0.2) is 0 Å². The van der Waals surface area contributed by atoms with Crippen molar-refractivity contribution >= 4 is 0 Å². The minimum atomic E-state index is 0.273. The molecule has 0 amide bonds. The molecule has 0 bridgehead atoms. The molecule has 0 aromatic heterocycles. The second-order valence-electron chi connectivity index (χ2n) is 4.51. The van der Waals surface area contributed by atoms with E-state index < -0.39 is 0 Å². The first-order valence-electron chi connectivity index (χ1n) is 6.71. The quantitative estimate of drug-likeness (QED) is 0.684. The lowest BCUT2D eigenvalue weighted by atomic mass is 10.2. The van der Waals surface area contributed by atoms with Crippen LogP contribution in [-0.4, -0.2) is 26.4 Å². The second kappa shape index (κ2) is 8.95. The van der Waals surface area contributed by atoms with Gasteiger partial charge in [-0.15, -0.1) is 0 Å². The van der Waals surface area contributed by atoms with E-state index in [9.17, 15) is 0 Å². The number of benzene rings is 1. The summed E-state index contributed by atoms with van der Waals surface area (Å²) in [5, 5.41) is 3.40. The average molecular weight is 251 g/mol. The van der Waals surface area contributed by atoms with Gasteiger partial charge in [0.1, 0.15) is 5.75 Å². The molecule has 0 fully saturated rings. The molecule has 1 N–H and O–H groups in total. The van der Waals surface area contributed by atoms with Crippen LogP contribution in [0.5, 0.6) is 5.75 Å². The lowest BCUT2D eigenvalue weighted by Crippen LogP contribution is -2.16. The number of ether oxygens (including phenoxy) is 2. The van der Waals surface area contributed by atoms with Gasteiger partial charge in [0.25, 0.3) is 0 Å². The van der Waals surface area contributed by atoms with E-state index in [4.69, 9.17) is 9.47 Å². The molecule has 0 spiro atoms. The normalized spacial score (nSPS) is 12.4. The van der Waals surface area contributed by atoms with E-state index in [2.05, 4.69) is 31.3 Å². The van der Waals surface area contributed by atoms with Crippen molar-refractivity contribution in [2.24, 2.45) is 0 Å². The topological polar surface area (TPSA) is 30.5 Å². The van der Waals surface area contributed by atoms with Gasteiger partial charge in [0.15, 0.2) is 0 Å². The van der Waals surface area contributed by atoms with Crippen LogP contribution in [0.15, 0.2) is 24.3 Å². The summed E-state index contributed by atoms with van der Waals surface area (Å²) in [6.45, 7) is 6.89. The van der Waals surface area contributed by atoms with Gasteiger partial charge in [-0.1, -0.05) is 19.1 Å². The molecule has 3 heteroatoms. The SMILES string of the molecule is CCC(C)Oc1cccc(CNCCCOC)c1. The maximum absolute atomic E-state index is 5.80. The molecule has 0 heterocycles. The van der Waals surface area contributed by atoms with E-state index in [0.717, 1.165) is 38.3 Å². The fraction of sp³-hybridized carbons (Fsp3) is 0.600. The van der Waals surface area contributed by atoms with Gasteiger partial charge in [-0.3, -0.25) is 0 Å². The van der Waals surface area contributed by atoms with Crippen LogP contribution in [-0.2, 0) is 11.3 Å². The summed E-state index contributed by atoms with van der Waals surface area (Å²) in [6.07, 6.45) is 2.34. The van der Waals surface area contributed by atoms with Gasteiger partial charge in [0.05, 0.1) is 6.10 Å². The summed E-state index contributed by atoms with van der Waals surface area (Å²) in [6, 6.07) is 8.28. The molecule has 0 aliphatic rings. The van der Waals surface area contributed by atoms with E-state index in [-0.39, 0.29) is 6.10 Å². The molecule has 1 atom stereocenters. The molecular formula is C15H25NO2. The number of hydrogen-bond donors (Lipinski definition) is 1. The molecule has 1 aromatic rings. The van der Waals surface area contributed by atoms with Gasteiger partial charge < -0.3 is 14.8 Å². The second-order valence-corrected chi connectivity index (χ2v) is 4.51. The maximum atomic E-state index is 5.80. The van der Waals surface area contributed by atoms with Gasteiger partial charge in [-0.05, 0) is 44.0 Å². The van der Waals surface area contributed by atoms with Crippen LogP contribution < -0.4 is 10.1 Å². The predicted molar refractivity (Wildman–Crippen MR) is 75.0 cm³/mol. The van der Waals surface area contributed by atoms with Crippen molar-refractivity contribution in [3.63, 3.8) is 0 Å². The fourth-order valence-electron chi connectivity index (χ4n) is 1.62. The Kier molecular flexibility index (Phi) is 7.46. The molecule has 0 aliphatic heterocycles. The highest BCUT2D eigenvalue weighted by Crippen LogP contribution is 2.15. The molecule has 3 nitrogen and oxygen atoms in total. The third kappa shape index (κ3) is 6.03. The molecule has 102 valence electrons. The first kappa shape index (κ1) is 15.0. The Labute approximate surface area is 110 Å². The summed E-state index contributed by atoms with van der Waals surface area (Å²) < 4.78 is 10.8. The molecule has 0 saturated carbocycles. The van der Waals surface area contributed by atoms with E-state index in [1.54, 1.807) is 7.11 Å². The third-order valence-corrected chi connectivity index (χ3v) is 2.84. The van der Waals surface area contributed by atoms with Crippen molar-refractivity contribution in [3.8, 4) is 5.75 Å². The zero-order valence-electron chi connectivity index (χ0n) is 11.7. The Morgan fingerprint density at radius 3 is 2.89 bits per heavy atom. The maximum Gasteiger partial charge on any atom is 0.120 e. The summed E-state index contributed by atoms with van der Waals surface area (Å²) in [5.74, 6) is 0.959. The van der Waals surface area contributed by atoms with Gasteiger partial charge >= 0.3 is 0 Å². The Morgan fingerprint density at radius 2 is 2.17 bits per heavy atom. The minimum absolute atomic E-state index is 0.273. The van der Waals surface area contributed by atoms with Crippen molar-refractivity contribution in [1.82, 2.24) is 5.32 Å². The summed E-state index contributed by atoms with van der Waals surface area (Å²) in [5.41, 5.74) is 1.26. The first-order chi connectivity index (χ1) is 8.76. The lowest BCUT2D eigenvalue weighted by molar-refractivity contribution is 0.194. The van der Waals surface area contributed by atoms with Crippen molar-refractivity contribution in [1.29, 1.82) is 0 Å². The molecule has 0 radical (unpaired) electrons. The van der Waals surface area contributed by atoms with Crippen molar-refractivity contribution in [3.05, 3.63) is 29.8 Å². The Bertz CT molecular complexity index is 328. The van der Waals surface area contributed by atoms with Gasteiger partial charge in [-0.2, -0.15) is 0 Å². The Morgan fingerprint density at radius 1 is 1.33 bits per heavy atom. The van der Waals surface area contributed by atoms with Crippen LogP contribution in [0, 0.1) is 0 Å². The molecule has 1 aromatic carbocycles. The average Bonchev–Trinajstić information content (AvgIpc) is 2.39. The van der Waals surface area contributed by atoms with Crippen LogP contribution in [0.3, 0.4) is 0 Å². The van der Waals surface area contributed by atoms with E-state index in [1.807, 2.05) is 12.1 Å².